The van der Waals surface area contributed by atoms with Crippen LogP contribution < -0.4 is 5.32 Å². The number of aromatic amines is 1. The van der Waals surface area contributed by atoms with Crippen molar-refractivity contribution in [1.82, 2.24) is 24.8 Å². The second kappa shape index (κ2) is 9.97. The summed E-state index contributed by atoms with van der Waals surface area (Å²) in [4.78, 5) is 30.6. The molecule has 1 saturated heterocycles. The van der Waals surface area contributed by atoms with Gasteiger partial charge in [0.1, 0.15) is 5.65 Å². The summed E-state index contributed by atoms with van der Waals surface area (Å²) in [6.07, 6.45) is 6.14. The topological polar surface area (TPSA) is 86.8 Å². The number of fused-ring (bicyclic) bond motifs is 1. The number of anilines is 1. The number of carbonyl (C=O) groups excluding carboxylic acids is 1. The first-order chi connectivity index (χ1) is 16.9. The largest absolute Gasteiger partial charge is 0.367 e. The molecule has 4 aromatic rings. The quantitative estimate of drug-likeness (QED) is 0.324. The third kappa shape index (κ3) is 5.05. The first-order valence-corrected chi connectivity index (χ1v) is 12.2. The van der Waals surface area contributed by atoms with Gasteiger partial charge >= 0.3 is 0 Å². The number of rotatable bonds is 5. The van der Waals surface area contributed by atoms with E-state index in [4.69, 9.17) is 34.8 Å². The molecule has 5 rings (SSSR count). The van der Waals surface area contributed by atoms with Gasteiger partial charge in [-0.2, -0.15) is 0 Å². The highest BCUT2D eigenvalue weighted by Crippen LogP contribution is 2.29. The van der Waals surface area contributed by atoms with Crippen LogP contribution in [0.25, 0.3) is 22.4 Å². The van der Waals surface area contributed by atoms with Crippen molar-refractivity contribution < 1.29 is 9.18 Å². The van der Waals surface area contributed by atoms with Crippen molar-refractivity contribution in [1.29, 1.82) is 0 Å². The first-order valence-electron chi connectivity index (χ1n) is 11.0. The van der Waals surface area contributed by atoms with Crippen LogP contribution in [-0.2, 0) is 0 Å². The Hall–Kier alpha value is -2.94. The molecule has 1 aliphatic heterocycles. The summed E-state index contributed by atoms with van der Waals surface area (Å²) >= 11 is 18.3. The number of carbonyl (C=O) groups is 1. The summed E-state index contributed by atoms with van der Waals surface area (Å²) in [5.41, 5.74) is 1.73. The van der Waals surface area contributed by atoms with Gasteiger partial charge in [-0.05, 0) is 43.0 Å². The summed E-state index contributed by atoms with van der Waals surface area (Å²) in [5.74, 6) is -0.127. The number of likely N-dealkylation sites (tertiary alicyclic amines) is 1. The molecule has 1 fully saturated rings. The van der Waals surface area contributed by atoms with Crippen molar-refractivity contribution in [3.63, 3.8) is 0 Å². The van der Waals surface area contributed by atoms with Gasteiger partial charge in [0.2, 0.25) is 0 Å². The maximum absolute atomic E-state index is 14.5. The van der Waals surface area contributed by atoms with E-state index in [2.05, 4.69) is 25.3 Å². The SMILES string of the molecule is O=C(c1ccc(Cl)cc1Cl)N1CCC[C@H](CNc2nc(-c3c[nH]c4ncc(Cl)cc34)ncc2F)C1. The van der Waals surface area contributed by atoms with E-state index in [0.717, 1.165) is 24.4 Å². The maximum Gasteiger partial charge on any atom is 0.255 e. The second-order valence-corrected chi connectivity index (χ2v) is 9.69. The van der Waals surface area contributed by atoms with Crippen LogP contribution >= 0.6 is 34.8 Å². The van der Waals surface area contributed by atoms with Crippen molar-refractivity contribution in [2.75, 3.05) is 25.0 Å². The van der Waals surface area contributed by atoms with Gasteiger partial charge < -0.3 is 15.2 Å². The molecule has 0 radical (unpaired) electrons. The van der Waals surface area contributed by atoms with Crippen LogP contribution in [0.15, 0.2) is 42.9 Å². The van der Waals surface area contributed by atoms with Gasteiger partial charge in [-0.3, -0.25) is 4.79 Å². The molecular weight excluding hydrogens is 514 g/mol. The highest BCUT2D eigenvalue weighted by molar-refractivity contribution is 6.36. The molecule has 0 unspecified atom stereocenters. The number of hydrogen-bond acceptors (Lipinski definition) is 5. The van der Waals surface area contributed by atoms with E-state index in [-0.39, 0.29) is 17.6 Å². The van der Waals surface area contributed by atoms with Crippen molar-refractivity contribution in [2.24, 2.45) is 5.92 Å². The molecule has 0 spiro atoms. The maximum atomic E-state index is 14.5. The molecule has 1 atom stereocenters. The van der Waals surface area contributed by atoms with E-state index < -0.39 is 5.82 Å². The fraction of sp³-hybridized carbons (Fsp3) is 0.250. The lowest BCUT2D eigenvalue weighted by Gasteiger charge is -2.33. The summed E-state index contributed by atoms with van der Waals surface area (Å²) < 4.78 is 14.5. The number of amides is 1. The third-order valence-electron chi connectivity index (χ3n) is 6.01. The van der Waals surface area contributed by atoms with E-state index in [9.17, 15) is 9.18 Å². The minimum absolute atomic E-state index is 0.100. The van der Waals surface area contributed by atoms with Gasteiger partial charge in [-0.15, -0.1) is 0 Å². The highest BCUT2D eigenvalue weighted by atomic mass is 35.5. The minimum Gasteiger partial charge on any atom is -0.367 e. The summed E-state index contributed by atoms with van der Waals surface area (Å²) in [6.45, 7) is 1.61. The molecule has 1 amide bonds. The highest BCUT2D eigenvalue weighted by Gasteiger charge is 2.26. The van der Waals surface area contributed by atoms with E-state index in [1.165, 1.54) is 0 Å². The molecule has 11 heteroatoms. The standard InChI is InChI=1S/C24H20Cl3FN6O/c25-14-3-4-16(19(27)7-14)24(35)34-5-1-2-13(12-34)8-29-23-20(28)11-32-22(33-23)18-10-31-21-17(18)6-15(26)9-30-21/h3-4,6-7,9-11,13H,1-2,5,8,12H2,(H,30,31)(H,29,32,33)/t13-/m1/s1. The summed E-state index contributed by atoms with van der Waals surface area (Å²) in [7, 11) is 0. The van der Waals surface area contributed by atoms with Gasteiger partial charge in [0.05, 0.1) is 21.8 Å². The zero-order valence-corrected chi connectivity index (χ0v) is 20.6. The number of benzene rings is 1. The molecule has 3 aromatic heterocycles. The Morgan fingerprint density at radius 3 is 2.86 bits per heavy atom. The lowest BCUT2D eigenvalue weighted by molar-refractivity contribution is 0.0680. The minimum atomic E-state index is -0.554. The Kier molecular flexibility index (Phi) is 6.77. The van der Waals surface area contributed by atoms with Crippen LogP contribution in [0, 0.1) is 11.7 Å². The van der Waals surface area contributed by atoms with Crippen molar-refractivity contribution >= 4 is 57.6 Å². The monoisotopic (exact) mass is 532 g/mol. The fourth-order valence-corrected chi connectivity index (χ4v) is 4.92. The normalized spacial score (nSPS) is 16.0. The van der Waals surface area contributed by atoms with Gasteiger partial charge in [0, 0.05) is 48.0 Å². The van der Waals surface area contributed by atoms with E-state index >= 15 is 0 Å². The molecule has 2 N–H and O–H groups in total. The second-order valence-electron chi connectivity index (χ2n) is 8.41. The lowest BCUT2D eigenvalue weighted by Crippen LogP contribution is -2.42. The molecule has 0 saturated carbocycles. The molecule has 0 bridgehead atoms. The number of nitrogens with zero attached hydrogens (tertiary/aromatic N) is 4. The van der Waals surface area contributed by atoms with Gasteiger partial charge in [0.25, 0.3) is 5.91 Å². The van der Waals surface area contributed by atoms with Crippen LogP contribution in [0.4, 0.5) is 10.2 Å². The number of H-pyrrole nitrogens is 1. The van der Waals surface area contributed by atoms with Crippen molar-refractivity contribution in [2.45, 2.75) is 12.8 Å². The molecule has 180 valence electrons. The van der Waals surface area contributed by atoms with Gasteiger partial charge in [0.15, 0.2) is 17.5 Å². The van der Waals surface area contributed by atoms with Crippen molar-refractivity contribution in [3.8, 4) is 11.4 Å². The van der Waals surface area contributed by atoms with Crippen LogP contribution in [0.1, 0.15) is 23.2 Å². The molecule has 4 heterocycles. The number of hydrogen-bond donors (Lipinski definition) is 2. The van der Waals surface area contributed by atoms with Crippen molar-refractivity contribution in [3.05, 3.63) is 69.3 Å². The molecular formula is C24H20Cl3FN6O. The number of nitrogens with one attached hydrogen (secondary N) is 2. The van der Waals surface area contributed by atoms with Crippen LogP contribution in [-0.4, -0.2) is 50.4 Å². The van der Waals surface area contributed by atoms with Crippen LogP contribution in [0.3, 0.4) is 0 Å². The average Bonchev–Trinajstić information content (AvgIpc) is 3.26. The number of pyridine rings is 1. The Bertz CT molecular complexity index is 1410. The van der Waals surface area contributed by atoms with Gasteiger partial charge in [-0.1, -0.05) is 34.8 Å². The molecule has 35 heavy (non-hydrogen) atoms. The molecule has 1 aliphatic rings. The Balaban J connectivity index is 1.29. The predicted octanol–water partition coefficient (Wildman–Crippen LogP) is 6.08. The van der Waals surface area contributed by atoms with Crippen LogP contribution in [0.5, 0.6) is 0 Å². The van der Waals surface area contributed by atoms with E-state index in [0.29, 0.717) is 57.3 Å². The predicted molar refractivity (Wildman–Crippen MR) is 136 cm³/mol. The number of halogens is 4. The summed E-state index contributed by atoms with van der Waals surface area (Å²) in [6, 6.07) is 6.61. The zero-order valence-electron chi connectivity index (χ0n) is 18.4. The Morgan fingerprint density at radius 2 is 2.03 bits per heavy atom. The summed E-state index contributed by atoms with van der Waals surface area (Å²) in [5, 5.41) is 5.14. The Labute approximate surface area is 215 Å². The molecule has 7 nitrogen and oxygen atoms in total. The first kappa shape index (κ1) is 23.8. The average molecular weight is 534 g/mol. The molecule has 1 aromatic carbocycles. The van der Waals surface area contributed by atoms with Crippen LogP contribution in [0.2, 0.25) is 15.1 Å². The van der Waals surface area contributed by atoms with Gasteiger partial charge in [-0.25, -0.2) is 19.3 Å². The van der Waals surface area contributed by atoms with E-state index in [1.807, 2.05) is 0 Å². The lowest BCUT2D eigenvalue weighted by atomic mass is 9.97. The third-order valence-corrected chi connectivity index (χ3v) is 6.76. The molecule has 0 aliphatic carbocycles. The van der Waals surface area contributed by atoms with E-state index in [1.54, 1.807) is 41.6 Å². The number of piperidine rings is 1. The smallest absolute Gasteiger partial charge is 0.255 e. The fourth-order valence-electron chi connectivity index (χ4n) is 4.27. The number of aromatic nitrogens is 4. The zero-order chi connectivity index (χ0) is 24.5. The Morgan fingerprint density at radius 1 is 1.17 bits per heavy atom.